The maximum atomic E-state index is 9.46. The zero-order valence-corrected chi connectivity index (χ0v) is 10.3. The zero-order valence-electron chi connectivity index (χ0n) is 9.36. The minimum Gasteiger partial charge on any atom is -0.178 e. The van der Waals surface area contributed by atoms with E-state index in [9.17, 15) is 14.7 Å². The second kappa shape index (κ2) is 3.39. The van der Waals surface area contributed by atoms with E-state index in [2.05, 4.69) is 0 Å². The molecule has 0 unspecified atom stereocenters. The molecule has 0 radical (unpaired) electrons. The number of hydrogen-bond donors (Lipinski definition) is 3. The fourth-order valence-electron chi connectivity index (χ4n) is 2.71. The van der Waals surface area contributed by atoms with Crippen molar-refractivity contribution in [1.82, 2.24) is 4.67 Å². The molecule has 0 aliphatic carbocycles. The van der Waals surface area contributed by atoms with E-state index in [-0.39, 0.29) is 11.1 Å². The normalized spacial score (nSPS) is 27.6. The summed E-state index contributed by atoms with van der Waals surface area (Å²) < 4.78 is 1.48. The van der Waals surface area contributed by atoms with Gasteiger partial charge in [0.1, 0.15) is 0 Å². The molecular weight excluding hydrogens is 201 g/mol. The van der Waals surface area contributed by atoms with E-state index in [1.54, 1.807) is 0 Å². The van der Waals surface area contributed by atoms with Crippen LogP contribution in [0.3, 0.4) is 0 Å². The van der Waals surface area contributed by atoms with E-state index < -0.39 is 8.09 Å². The van der Waals surface area contributed by atoms with Crippen LogP contribution in [0, 0.1) is 0 Å². The molecule has 0 aromatic rings. The van der Waals surface area contributed by atoms with Gasteiger partial charge in [-0.3, -0.25) is 0 Å². The largest absolute Gasteiger partial charge is 0.497 e. The molecule has 1 rings (SSSR count). The molecule has 1 heterocycles. The van der Waals surface area contributed by atoms with Crippen LogP contribution in [-0.2, 0) is 0 Å². The van der Waals surface area contributed by atoms with Crippen molar-refractivity contribution in [2.45, 2.75) is 58.0 Å². The Balaban J connectivity index is 3.04. The summed E-state index contributed by atoms with van der Waals surface area (Å²) in [5.74, 6) is 0. The Morgan fingerprint density at radius 3 is 1.50 bits per heavy atom. The average Bonchev–Trinajstić information content (AvgIpc) is 1.76. The molecule has 0 bridgehead atoms. The predicted molar refractivity (Wildman–Crippen MR) is 57.4 cm³/mol. The summed E-state index contributed by atoms with van der Waals surface area (Å²) in [6.07, 6.45) is 2.80. The van der Waals surface area contributed by atoms with Crippen molar-refractivity contribution < 1.29 is 14.7 Å². The highest BCUT2D eigenvalue weighted by molar-refractivity contribution is 7.56. The average molecular weight is 222 g/mol. The van der Waals surface area contributed by atoms with Gasteiger partial charge in [-0.1, -0.05) is 4.67 Å². The van der Waals surface area contributed by atoms with Gasteiger partial charge in [0, 0.05) is 0 Å². The van der Waals surface area contributed by atoms with Crippen LogP contribution in [0.5, 0.6) is 0 Å². The lowest BCUT2D eigenvalue weighted by molar-refractivity contribution is 0.0158. The first-order chi connectivity index (χ1) is 6.07. The molecule has 14 heavy (non-hydrogen) atoms. The van der Waals surface area contributed by atoms with E-state index in [4.69, 9.17) is 0 Å². The molecule has 1 saturated heterocycles. The Hall–Kier alpha value is 0.270. The van der Waals surface area contributed by atoms with Crippen molar-refractivity contribution >= 4 is 8.09 Å². The van der Waals surface area contributed by atoms with Gasteiger partial charge in [-0.25, -0.2) is 0 Å². The predicted octanol–water partition coefficient (Wildman–Crippen LogP) is 1.68. The van der Waals surface area contributed by atoms with Crippen molar-refractivity contribution in [2.75, 3.05) is 0 Å². The highest BCUT2D eigenvalue weighted by atomic mass is 31.2. The number of rotatable bonds is 1. The summed E-state index contributed by atoms with van der Waals surface area (Å²) in [4.78, 5) is 28.4. The molecule has 0 amide bonds. The highest BCUT2D eigenvalue weighted by Crippen LogP contribution is 2.60. The molecule has 5 heteroatoms. The van der Waals surface area contributed by atoms with Gasteiger partial charge >= 0.3 is 8.09 Å². The lowest BCUT2D eigenvalue weighted by Crippen LogP contribution is -2.57. The van der Waals surface area contributed by atoms with Crippen LogP contribution in [0.1, 0.15) is 47.0 Å². The van der Waals surface area contributed by atoms with Crippen LogP contribution in [0.15, 0.2) is 0 Å². The summed E-state index contributed by atoms with van der Waals surface area (Å²) in [5, 5.41) is 0. The van der Waals surface area contributed by atoms with E-state index in [0.29, 0.717) is 0 Å². The van der Waals surface area contributed by atoms with E-state index in [1.165, 1.54) is 4.67 Å². The Labute approximate surface area is 86.2 Å². The quantitative estimate of drug-likeness (QED) is 0.591. The summed E-state index contributed by atoms with van der Waals surface area (Å²) >= 11 is 0. The minimum absolute atomic E-state index is 0.353. The summed E-state index contributed by atoms with van der Waals surface area (Å²) in [6.45, 7) is 7.74. The lowest BCUT2D eigenvalue weighted by Gasteiger charge is -2.48. The van der Waals surface area contributed by atoms with Gasteiger partial charge in [0.25, 0.3) is 0 Å². The van der Waals surface area contributed by atoms with E-state index >= 15 is 0 Å². The molecule has 1 fully saturated rings. The van der Waals surface area contributed by atoms with Gasteiger partial charge in [-0.05, 0) is 47.0 Å². The Bertz CT molecular complexity index is 207. The van der Waals surface area contributed by atoms with Crippen LogP contribution in [-0.4, -0.2) is 30.4 Å². The Morgan fingerprint density at radius 1 is 0.929 bits per heavy atom. The molecule has 0 aromatic carbocycles. The van der Waals surface area contributed by atoms with Gasteiger partial charge < -0.3 is 0 Å². The van der Waals surface area contributed by atoms with Crippen LogP contribution < -0.4 is 0 Å². The topological polar surface area (TPSA) is 63.9 Å². The Morgan fingerprint density at radius 2 is 1.29 bits per heavy atom. The fraction of sp³-hybridized carbons (Fsp3) is 1.00. The van der Waals surface area contributed by atoms with E-state index in [1.807, 2.05) is 27.7 Å². The number of nitrogens with zero attached hydrogens (tertiary/aromatic N) is 1. The molecule has 0 atom stereocenters. The van der Waals surface area contributed by atoms with E-state index in [0.717, 1.165) is 19.3 Å². The van der Waals surface area contributed by atoms with Crippen molar-refractivity contribution in [3.05, 3.63) is 0 Å². The summed E-state index contributed by atoms with van der Waals surface area (Å²) in [5.41, 5.74) is -0.707. The first-order valence-electron chi connectivity index (χ1n) is 4.95. The summed E-state index contributed by atoms with van der Waals surface area (Å²) in [7, 11) is -3.90. The molecule has 0 spiro atoms. The smallest absolute Gasteiger partial charge is 0.178 e. The van der Waals surface area contributed by atoms with Crippen molar-refractivity contribution in [2.24, 2.45) is 0 Å². The molecule has 1 aliphatic heterocycles. The first-order valence-corrected chi connectivity index (χ1v) is 6.55. The van der Waals surface area contributed by atoms with Crippen LogP contribution in [0.4, 0.5) is 0 Å². The zero-order chi connectivity index (χ0) is 11.2. The summed E-state index contributed by atoms with van der Waals surface area (Å²) in [6, 6.07) is 0. The fourth-order valence-corrected chi connectivity index (χ4v) is 4.36. The minimum atomic E-state index is -3.90. The van der Waals surface area contributed by atoms with Crippen molar-refractivity contribution in [3.8, 4) is 0 Å². The Kier molecular flexibility index (Phi) is 2.99. The van der Waals surface area contributed by atoms with Gasteiger partial charge in [0.2, 0.25) is 0 Å². The molecule has 0 saturated carbocycles. The molecule has 3 N–H and O–H groups in total. The monoisotopic (exact) mass is 222 g/mol. The van der Waals surface area contributed by atoms with Crippen LogP contribution in [0.2, 0.25) is 0 Å². The third-order valence-electron chi connectivity index (χ3n) is 2.99. The van der Waals surface area contributed by atoms with Crippen LogP contribution in [0.25, 0.3) is 0 Å². The molecule has 4 nitrogen and oxygen atoms in total. The van der Waals surface area contributed by atoms with Crippen molar-refractivity contribution in [1.29, 1.82) is 0 Å². The molecule has 84 valence electrons. The maximum Gasteiger partial charge on any atom is 0.497 e. The lowest BCUT2D eigenvalue weighted by atomic mass is 9.83. The van der Waals surface area contributed by atoms with Crippen molar-refractivity contribution in [3.63, 3.8) is 0 Å². The number of piperidine rings is 1. The van der Waals surface area contributed by atoms with Gasteiger partial charge in [0.05, 0.1) is 11.1 Å². The molecule has 0 aromatic heterocycles. The third-order valence-corrected chi connectivity index (χ3v) is 4.61. The van der Waals surface area contributed by atoms with Crippen LogP contribution >= 0.6 is 8.09 Å². The second-order valence-corrected chi connectivity index (χ2v) is 6.80. The first kappa shape index (κ1) is 12.3. The molecular formula is C9H21NO3P+. The standard InChI is InChI=1S/C9H21NO3P/c1-8(2)6-5-7-9(3,4)10(8)14(11,12)13/h11-13H,5-7H2,1-4H3/q+1. The highest BCUT2D eigenvalue weighted by Gasteiger charge is 2.58. The third kappa shape index (κ3) is 2.26. The number of hydrogen-bond acceptors (Lipinski definition) is 4. The second-order valence-electron chi connectivity index (χ2n) is 5.33. The molecule has 1 aliphatic rings. The van der Waals surface area contributed by atoms with Gasteiger partial charge in [-0.2, -0.15) is 14.7 Å². The van der Waals surface area contributed by atoms with Gasteiger partial charge in [0.15, 0.2) is 0 Å². The maximum absolute atomic E-state index is 9.46. The van der Waals surface area contributed by atoms with Gasteiger partial charge in [-0.15, -0.1) is 0 Å². The SMILES string of the molecule is CC1(C)CCCC(C)(C)N1[P+](O)(O)O.